The fourth-order valence-corrected chi connectivity index (χ4v) is 5.44. The van der Waals surface area contributed by atoms with Crippen molar-refractivity contribution in [1.82, 2.24) is 34.7 Å². The van der Waals surface area contributed by atoms with Crippen LogP contribution in [0.5, 0.6) is 0 Å². The standard InChI is InChI=1S/C28H37N7/c1-18(2)24-25(22-13-19(3)27-30-17-31-35(27)15-22)32-33-26(24)23-8-7-21(14-29-23)20-9-11-34(12-10-20)16-28(4,5)6/h7-8,13-15,17-18,20H,9-12,16H2,1-6H3,(H,32,33). The summed E-state index contributed by atoms with van der Waals surface area (Å²) < 4.78 is 1.83. The molecule has 7 nitrogen and oxygen atoms in total. The van der Waals surface area contributed by atoms with Crippen LogP contribution in [0.2, 0.25) is 0 Å². The van der Waals surface area contributed by atoms with E-state index in [9.17, 15) is 0 Å². The molecular weight excluding hydrogens is 434 g/mol. The first-order valence-electron chi connectivity index (χ1n) is 12.8. The summed E-state index contributed by atoms with van der Waals surface area (Å²) >= 11 is 0. The van der Waals surface area contributed by atoms with E-state index in [0.717, 1.165) is 33.9 Å². The van der Waals surface area contributed by atoms with E-state index in [1.165, 1.54) is 43.6 Å². The predicted molar refractivity (Wildman–Crippen MR) is 140 cm³/mol. The number of hydrogen-bond donors (Lipinski definition) is 1. The second-order valence-corrected chi connectivity index (χ2v) is 11.5. The van der Waals surface area contributed by atoms with Gasteiger partial charge in [-0.15, -0.1) is 0 Å². The highest BCUT2D eigenvalue weighted by atomic mass is 15.3. The first kappa shape index (κ1) is 23.7. The van der Waals surface area contributed by atoms with Gasteiger partial charge in [-0.1, -0.05) is 40.7 Å². The maximum absolute atomic E-state index is 4.89. The Hall–Kier alpha value is -3.06. The Kier molecular flexibility index (Phi) is 6.21. The van der Waals surface area contributed by atoms with Crippen molar-refractivity contribution in [2.45, 2.75) is 66.2 Å². The lowest BCUT2D eigenvalue weighted by Gasteiger charge is -2.36. The fraction of sp³-hybridized carbons (Fsp3) is 0.500. The van der Waals surface area contributed by atoms with Crippen molar-refractivity contribution < 1.29 is 0 Å². The van der Waals surface area contributed by atoms with Gasteiger partial charge in [0, 0.05) is 30.1 Å². The van der Waals surface area contributed by atoms with Crippen LogP contribution < -0.4 is 0 Å². The molecule has 0 spiro atoms. The number of hydrogen-bond acceptors (Lipinski definition) is 5. The molecular formula is C28H37N7. The maximum Gasteiger partial charge on any atom is 0.158 e. The second-order valence-electron chi connectivity index (χ2n) is 11.5. The lowest BCUT2D eigenvalue weighted by molar-refractivity contribution is 0.154. The van der Waals surface area contributed by atoms with Gasteiger partial charge in [-0.05, 0) is 73.4 Å². The minimum absolute atomic E-state index is 0.291. The fourth-order valence-electron chi connectivity index (χ4n) is 5.44. The normalized spacial score (nSPS) is 16.0. The highest BCUT2D eigenvalue weighted by Crippen LogP contribution is 2.36. The highest BCUT2D eigenvalue weighted by molar-refractivity contribution is 5.74. The lowest BCUT2D eigenvalue weighted by Crippen LogP contribution is -2.38. The minimum Gasteiger partial charge on any atom is -0.303 e. The summed E-state index contributed by atoms with van der Waals surface area (Å²) in [5.41, 5.74) is 8.77. The van der Waals surface area contributed by atoms with E-state index in [4.69, 9.17) is 10.1 Å². The van der Waals surface area contributed by atoms with Gasteiger partial charge in [-0.2, -0.15) is 10.2 Å². The van der Waals surface area contributed by atoms with E-state index in [1.54, 1.807) is 6.33 Å². The molecule has 184 valence electrons. The minimum atomic E-state index is 0.291. The third-order valence-electron chi connectivity index (χ3n) is 7.02. The second kappa shape index (κ2) is 9.19. The molecule has 1 fully saturated rings. The van der Waals surface area contributed by atoms with Crippen molar-refractivity contribution in [2.75, 3.05) is 19.6 Å². The SMILES string of the molecule is Cc1cc(-c2[nH]nc(-c3ccc(C4CCN(CC(C)(C)C)CC4)cn3)c2C(C)C)cn2ncnc12. The third-order valence-corrected chi connectivity index (χ3v) is 7.02. The topological polar surface area (TPSA) is 75.0 Å². The molecule has 0 atom stereocenters. The van der Waals surface area contributed by atoms with E-state index in [1.807, 2.05) is 10.7 Å². The van der Waals surface area contributed by atoms with Crippen LogP contribution in [-0.2, 0) is 0 Å². The van der Waals surface area contributed by atoms with E-state index in [2.05, 4.69) is 86.0 Å². The van der Waals surface area contributed by atoms with Crippen LogP contribution in [0.15, 0.2) is 36.9 Å². The van der Waals surface area contributed by atoms with E-state index >= 15 is 0 Å². The molecule has 0 aliphatic carbocycles. The van der Waals surface area contributed by atoms with Crippen molar-refractivity contribution in [1.29, 1.82) is 0 Å². The lowest BCUT2D eigenvalue weighted by atomic mass is 9.88. The number of likely N-dealkylation sites (tertiary alicyclic amines) is 1. The smallest absolute Gasteiger partial charge is 0.158 e. The van der Waals surface area contributed by atoms with Crippen LogP contribution in [0.25, 0.3) is 28.3 Å². The molecule has 0 aromatic carbocycles. The number of H-pyrrole nitrogens is 1. The number of aryl methyl sites for hydroxylation is 1. The Morgan fingerprint density at radius 2 is 1.89 bits per heavy atom. The third kappa shape index (κ3) is 4.87. The van der Waals surface area contributed by atoms with Gasteiger partial charge in [-0.25, -0.2) is 9.50 Å². The van der Waals surface area contributed by atoms with Crippen LogP contribution in [0.3, 0.4) is 0 Å². The van der Waals surface area contributed by atoms with Crippen molar-refractivity contribution in [3.8, 4) is 22.6 Å². The molecule has 0 bridgehead atoms. The molecule has 0 unspecified atom stereocenters. The van der Waals surface area contributed by atoms with Gasteiger partial charge < -0.3 is 4.90 Å². The maximum atomic E-state index is 4.89. The molecule has 35 heavy (non-hydrogen) atoms. The Morgan fingerprint density at radius 3 is 2.54 bits per heavy atom. The Bertz CT molecular complexity index is 1300. The molecule has 4 aromatic heterocycles. The summed E-state index contributed by atoms with van der Waals surface area (Å²) in [4.78, 5) is 11.8. The van der Waals surface area contributed by atoms with E-state index in [0.29, 0.717) is 17.3 Å². The van der Waals surface area contributed by atoms with Crippen molar-refractivity contribution in [2.24, 2.45) is 5.41 Å². The zero-order valence-corrected chi connectivity index (χ0v) is 21.8. The molecule has 5 rings (SSSR count). The Balaban J connectivity index is 1.38. The molecule has 0 radical (unpaired) electrons. The van der Waals surface area contributed by atoms with Crippen molar-refractivity contribution in [3.63, 3.8) is 0 Å². The van der Waals surface area contributed by atoms with E-state index in [-0.39, 0.29) is 0 Å². The van der Waals surface area contributed by atoms with Crippen molar-refractivity contribution in [3.05, 3.63) is 53.6 Å². The summed E-state index contributed by atoms with van der Waals surface area (Å²) in [6.07, 6.45) is 8.08. The number of aromatic amines is 1. The van der Waals surface area contributed by atoms with Crippen LogP contribution >= 0.6 is 0 Å². The summed E-state index contributed by atoms with van der Waals surface area (Å²) in [5, 5.41) is 12.4. The first-order chi connectivity index (χ1) is 16.7. The van der Waals surface area contributed by atoms with Gasteiger partial charge in [0.25, 0.3) is 0 Å². The monoisotopic (exact) mass is 471 g/mol. The molecule has 0 saturated carbocycles. The molecule has 5 heterocycles. The zero-order valence-electron chi connectivity index (χ0n) is 21.8. The van der Waals surface area contributed by atoms with Gasteiger partial charge in [0.05, 0.1) is 11.4 Å². The highest BCUT2D eigenvalue weighted by Gasteiger charge is 2.25. The molecule has 0 amide bonds. The molecule has 7 heteroatoms. The molecule has 1 saturated heterocycles. The summed E-state index contributed by atoms with van der Waals surface area (Å²) in [6, 6.07) is 6.56. The zero-order chi connectivity index (χ0) is 24.7. The number of nitrogens with zero attached hydrogens (tertiary/aromatic N) is 6. The molecule has 1 aliphatic rings. The van der Waals surface area contributed by atoms with Crippen LogP contribution in [0.4, 0.5) is 0 Å². The number of piperidine rings is 1. The average Bonchev–Trinajstić information content (AvgIpc) is 3.46. The Morgan fingerprint density at radius 1 is 1.11 bits per heavy atom. The van der Waals surface area contributed by atoms with Gasteiger partial charge in [0.15, 0.2) is 5.65 Å². The van der Waals surface area contributed by atoms with Crippen LogP contribution in [-0.4, -0.2) is 54.3 Å². The molecule has 1 aliphatic heterocycles. The number of rotatable bonds is 5. The summed E-state index contributed by atoms with van der Waals surface area (Å²) in [6.45, 7) is 16.9. The van der Waals surface area contributed by atoms with E-state index < -0.39 is 0 Å². The predicted octanol–water partition coefficient (Wildman–Crippen LogP) is 5.84. The first-order valence-corrected chi connectivity index (χ1v) is 12.8. The average molecular weight is 472 g/mol. The summed E-state index contributed by atoms with van der Waals surface area (Å²) in [5.74, 6) is 0.878. The number of aromatic nitrogens is 6. The quantitative estimate of drug-likeness (QED) is 0.396. The number of fused-ring (bicyclic) bond motifs is 1. The van der Waals surface area contributed by atoms with Gasteiger partial charge >= 0.3 is 0 Å². The molecule has 1 N–H and O–H groups in total. The Labute approximate surface area is 208 Å². The van der Waals surface area contributed by atoms with Crippen molar-refractivity contribution >= 4 is 5.65 Å². The number of pyridine rings is 2. The largest absolute Gasteiger partial charge is 0.303 e. The van der Waals surface area contributed by atoms with Gasteiger partial charge in [0.2, 0.25) is 0 Å². The summed E-state index contributed by atoms with van der Waals surface area (Å²) in [7, 11) is 0. The number of nitrogens with one attached hydrogen (secondary N) is 1. The van der Waals surface area contributed by atoms with Gasteiger partial charge in [-0.3, -0.25) is 10.1 Å². The van der Waals surface area contributed by atoms with Crippen LogP contribution in [0, 0.1) is 12.3 Å². The van der Waals surface area contributed by atoms with Crippen LogP contribution in [0.1, 0.15) is 76.0 Å². The molecule has 4 aromatic rings. The van der Waals surface area contributed by atoms with Gasteiger partial charge in [0.1, 0.15) is 12.0 Å².